The van der Waals surface area contributed by atoms with Crippen LogP contribution in [-0.4, -0.2) is 18.6 Å². The van der Waals surface area contributed by atoms with E-state index < -0.39 is 0 Å². The number of thiophene rings is 1. The molecule has 1 N–H and O–H groups in total. The number of hydrogen-bond acceptors (Lipinski definition) is 3. The van der Waals surface area contributed by atoms with Crippen LogP contribution in [-0.2, 0) is 0 Å². The molecule has 3 heteroatoms. The number of unbranched alkanes of at least 4 members (excludes halogenated alkanes) is 3. The highest BCUT2D eigenvalue weighted by molar-refractivity contribution is 7.98. The summed E-state index contributed by atoms with van der Waals surface area (Å²) in [6, 6.07) is 2.83. The standard InChI is InChI=1S/C15H27NS2/c1-12-11-15(14(3)18-12)13(2)16-9-7-5-6-8-10-17-4/h11,13,16H,5-10H2,1-4H3. The van der Waals surface area contributed by atoms with Gasteiger partial charge in [0, 0.05) is 15.8 Å². The molecule has 0 spiro atoms. The Morgan fingerprint density at radius 3 is 2.56 bits per heavy atom. The quantitative estimate of drug-likeness (QED) is 0.645. The summed E-state index contributed by atoms with van der Waals surface area (Å²) in [6.07, 6.45) is 7.62. The zero-order valence-corrected chi connectivity index (χ0v) is 13.8. The second kappa shape index (κ2) is 9.00. The fraction of sp³-hybridized carbons (Fsp3) is 0.733. The Balaban J connectivity index is 2.14. The third kappa shape index (κ3) is 5.77. The summed E-state index contributed by atoms with van der Waals surface area (Å²) >= 11 is 3.87. The molecular formula is C15H27NS2. The zero-order chi connectivity index (χ0) is 13.4. The number of hydrogen-bond donors (Lipinski definition) is 1. The van der Waals surface area contributed by atoms with Gasteiger partial charge in [-0.05, 0) is 63.8 Å². The van der Waals surface area contributed by atoms with E-state index in [-0.39, 0.29) is 0 Å². The molecule has 0 aliphatic rings. The number of aryl methyl sites for hydroxylation is 2. The van der Waals surface area contributed by atoms with Gasteiger partial charge >= 0.3 is 0 Å². The lowest BCUT2D eigenvalue weighted by molar-refractivity contribution is 0.537. The molecular weight excluding hydrogens is 258 g/mol. The van der Waals surface area contributed by atoms with E-state index in [4.69, 9.17) is 0 Å². The molecule has 1 atom stereocenters. The Morgan fingerprint density at radius 1 is 1.22 bits per heavy atom. The molecule has 0 saturated carbocycles. The van der Waals surface area contributed by atoms with Crippen LogP contribution in [0.15, 0.2) is 6.07 Å². The van der Waals surface area contributed by atoms with Gasteiger partial charge in [0.15, 0.2) is 0 Å². The van der Waals surface area contributed by atoms with Crippen LogP contribution in [0.25, 0.3) is 0 Å². The fourth-order valence-corrected chi connectivity index (χ4v) is 3.75. The Morgan fingerprint density at radius 2 is 1.94 bits per heavy atom. The van der Waals surface area contributed by atoms with Crippen molar-refractivity contribution in [3.8, 4) is 0 Å². The van der Waals surface area contributed by atoms with E-state index in [2.05, 4.69) is 38.4 Å². The van der Waals surface area contributed by atoms with Gasteiger partial charge in [0.2, 0.25) is 0 Å². The first kappa shape index (κ1) is 16.1. The smallest absolute Gasteiger partial charge is 0.0302 e. The lowest BCUT2D eigenvalue weighted by Crippen LogP contribution is -2.19. The van der Waals surface area contributed by atoms with Crippen molar-refractivity contribution in [2.75, 3.05) is 18.6 Å². The lowest BCUT2D eigenvalue weighted by Gasteiger charge is -2.13. The van der Waals surface area contributed by atoms with Gasteiger partial charge in [0.05, 0.1) is 0 Å². The van der Waals surface area contributed by atoms with Crippen LogP contribution < -0.4 is 5.32 Å². The molecule has 1 heterocycles. The molecule has 1 unspecified atom stereocenters. The molecule has 0 bridgehead atoms. The minimum atomic E-state index is 0.501. The van der Waals surface area contributed by atoms with Gasteiger partial charge in [-0.15, -0.1) is 11.3 Å². The minimum absolute atomic E-state index is 0.501. The van der Waals surface area contributed by atoms with Crippen LogP contribution in [0.2, 0.25) is 0 Å². The summed E-state index contributed by atoms with van der Waals surface area (Å²) < 4.78 is 0. The van der Waals surface area contributed by atoms with Crippen molar-refractivity contribution in [2.24, 2.45) is 0 Å². The van der Waals surface area contributed by atoms with E-state index in [1.165, 1.54) is 46.8 Å². The second-order valence-electron chi connectivity index (χ2n) is 4.95. The second-order valence-corrected chi connectivity index (χ2v) is 7.40. The highest BCUT2D eigenvalue weighted by atomic mass is 32.2. The van der Waals surface area contributed by atoms with Crippen molar-refractivity contribution >= 4 is 23.1 Å². The maximum atomic E-state index is 3.65. The van der Waals surface area contributed by atoms with Crippen molar-refractivity contribution in [1.29, 1.82) is 0 Å². The summed E-state index contributed by atoms with van der Waals surface area (Å²) in [5.41, 5.74) is 1.49. The molecule has 0 fully saturated rings. The Kier molecular flexibility index (Phi) is 8.03. The van der Waals surface area contributed by atoms with E-state index >= 15 is 0 Å². The van der Waals surface area contributed by atoms with Gasteiger partial charge in [-0.25, -0.2) is 0 Å². The average Bonchev–Trinajstić information content (AvgIpc) is 2.67. The van der Waals surface area contributed by atoms with E-state index in [9.17, 15) is 0 Å². The monoisotopic (exact) mass is 285 g/mol. The van der Waals surface area contributed by atoms with E-state index in [0.717, 1.165) is 6.54 Å². The number of thioether (sulfide) groups is 1. The van der Waals surface area contributed by atoms with Crippen LogP contribution in [0, 0.1) is 13.8 Å². The number of nitrogens with one attached hydrogen (secondary N) is 1. The van der Waals surface area contributed by atoms with Crippen LogP contribution in [0.4, 0.5) is 0 Å². The summed E-state index contributed by atoms with van der Waals surface area (Å²) in [4.78, 5) is 2.89. The molecule has 1 aromatic rings. The topological polar surface area (TPSA) is 12.0 Å². The van der Waals surface area contributed by atoms with Crippen molar-refractivity contribution < 1.29 is 0 Å². The molecule has 0 saturated heterocycles. The van der Waals surface area contributed by atoms with Gasteiger partial charge in [-0.2, -0.15) is 11.8 Å². The van der Waals surface area contributed by atoms with Crippen molar-refractivity contribution in [2.45, 2.75) is 52.5 Å². The van der Waals surface area contributed by atoms with Crippen LogP contribution in [0.1, 0.15) is 54.0 Å². The van der Waals surface area contributed by atoms with Gasteiger partial charge < -0.3 is 5.32 Å². The van der Waals surface area contributed by atoms with Gasteiger partial charge in [-0.1, -0.05) is 12.8 Å². The van der Waals surface area contributed by atoms with Crippen molar-refractivity contribution in [3.63, 3.8) is 0 Å². The Hall–Kier alpha value is 0.01000. The number of rotatable bonds is 9. The molecule has 1 aromatic heterocycles. The average molecular weight is 286 g/mol. The summed E-state index contributed by atoms with van der Waals surface area (Å²) in [7, 11) is 0. The summed E-state index contributed by atoms with van der Waals surface area (Å²) in [5, 5.41) is 3.65. The normalized spacial score (nSPS) is 12.9. The maximum Gasteiger partial charge on any atom is 0.0302 e. The maximum absolute atomic E-state index is 3.65. The molecule has 0 radical (unpaired) electrons. The van der Waals surface area contributed by atoms with Gasteiger partial charge in [-0.3, -0.25) is 0 Å². The minimum Gasteiger partial charge on any atom is -0.310 e. The third-order valence-electron chi connectivity index (χ3n) is 3.27. The van der Waals surface area contributed by atoms with Crippen molar-refractivity contribution in [3.05, 3.63) is 21.4 Å². The highest BCUT2D eigenvalue weighted by Crippen LogP contribution is 2.26. The third-order valence-corrected chi connectivity index (χ3v) is 4.95. The van der Waals surface area contributed by atoms with Crippen molar-refractivity contribution in [1.82, 2.24) is 5.32 Å². The van der Waals surface area contributed by atoms with E-state index in [0.29, 0.717) is 6.04 Å². The highest BCUT2D eigenvalue weighted by Gasteiger charge is 2.09. The first-order valence-corrected chi connectivity index (χ1v) is 9.15. The predicted octanol–water partition coefficient (Wildman–Crippen LogP) is 4.94. The molecule has 0 amide bonds. The summed E-state index contributed by atoms with van der Waals surface area (Å²) in [6.45, 7) is 7.85. The molecule has 18 heavy (non-hydrogen) atoms. The van der Waals surface area contributed by atoms with E-state index in [1.807, 2.05) is 23.1 Å². The SMILES string of the molecule is CSCCCCCCNC(C)c1cc(C)sc1C. The van der Waals surface area contributed by atoms with Crippen LogP contribution >= 0.6 is 23.1 Å². The lowest BCUT2D eigenvalue weighted by atomic mass is 10.1. The molecule has 1 rings (SSSR count). The summed E-state index contributed by atoms with van der Waals surface area (Å²) in [5.74, 6) is 1.32. The van der Waals surface area contributed by atoms with Crippen LogP contribution in [0.5, 0.6) is 0 Å². The molecule has 1 nitrogen and oxygen atoms in total. The zero-order valence-electron chi connectivity index (χ0n) is 12.2. The first-order chi connectivity index (χ1) is 8.65. The fourth-order valence-electron chi connectivity index (χ4n) is 2.23. The molecule has 0 aromatic carbocycles. The predicted molar refractivity (Wildman–Crippen MR) is 87.1 cm³/mol. The van der Waals surface area contributed by atoms with E-state index in [1.54, 1.807) is 0 Å². The molecule has 0 aliphatic carbocycles. The van der Waals surface area contributed by atoms with Crippen LogP contribution in [0.3, 0.4) is 0 Å². The molecule has 0 aliphatic heterocycles. The van der Waals surface area contributed by atoms with Gasteiger partial charge in [0.25, 0.3) is 0 Å². The largest absolute Gasteiger partial charge is 0.310 e. The molecule has 104 valence electrons. The Bertz CT molecular complexity index is 333. The Labute approximate surface area is 121 Å². The van der Waals surface area contributed by atoms with Gasteiger partial charge in [0.1, 0.15) is 0 Å². The first-order valence-electron chi connectivity index (χ1n) is 6.94.